The first-order valence-electron chi connectivity index (χ1n) is 9.21. The highest BCUT2D eigenvalue weighted by Crippen LogP contribution is 2.24. The van der Waals surface area contributed by atoms with Crippen molar-refractivity contribution in [3.63, 3.8) is 0 Å². The van der Waals surface area contributed by atoms with Gasteiger partial charge >= 0.3 is 0 Å². The van der Waals surface area contributed by atoms with Gasteiger partial charge in [0.1, 0.15) is 0 Å². The van der Waals surface area contributed by atoms with E-state index < -0.39 is 0 Å². The summed E-state index contributed by atoms with van der Waals surface area (Å²) in [6.07, 6.45) is 0.724. The highest BCUT2D eigenvalue weighted by atomic mass is 79.9. The standard InChI is InChI=1S/C22H23BrN2O3/c1-22(2,17-7-9-18(23)10-8-17)13-24-20(27)15-5-3-14(4-6-15)11-16-12-19(26)25-21(16)28/h3-10,16H,11-13H2,1-2H3,(H,24,27)(H,25,26,28). The molecule has 1 fully saturated rings. The minimum atomic E-state index is -0.320. The first-order valence-corrected chi connectivity index (χ1v) is 10.0. The van der Waals surface area contributed by atoms with Crippen molar-refractivity contribution in [3.05, 3.63) is 69.7 Å². The van der Waals surface area contributed by atoms with E-state index in [2.05, 4.69) is 52.5 Å². The minimum Gasteiger partial charge on any atom is -0.351 e. The molecular weight excluding hydrogens is 420 g/mol. The lowest BCUT2D eigenvalue weighted by Gasteiger charge is -2.25. The summed E-state index contributed by atoms with van der Waals surface area (Å²) < 4.78 is 1.02. The van der Waals surface area contributed by atoms with Crippen molar-refractivity contribution in [2.45, 2.75) is 32.1 Å². The number of hydrogen-bond donors (Lipinski definition) is 2. The van der Waals surface area contributed by atoms with E-state index in [0.29, 0.717) is 18.5 Å². The molecule has 2 N–H and O–H groups in total. The lowest BCUT2D eigenvalue weighted by Crippen LogP contribution is -2.36. The van der Waals surface area contributed by atoms with Crippen molar-refractivity contribution in [2.24, 2.45) is 5.92 Å². The second kappa shape index (κ2) is 8.27. The molecule has 2 aromatic carbocycles. The third-order valence-corrected chi connectivity index (χ3v) is 5.61. The van der Waals surface area contributed by atoms with Crippen molar-refractivity contribution in [3.8, 4) is 0 Å². The number of carbonyl (C=O) groups excluding carboxylic acids is 3. The Balaban J connectivity index is 1.58. The minimum absolute atomic E-state index is 0.134. The van der Waals surface area contributed by atoms with Crippen LogP contribution < -0.4 is 10.6 Å². The van der Waals surface area contributed by atoms with E-state index in [1.165, 1.54) is 0 Å². The molecule has 0 bridgehead atoms. The van der Waals surface area contributed by atoms with Gasteiger partial charge in [0.25, 0.3) is 5.91 Å². The molecule has 3 rings (SSSR count). The average Bonchev–Trinajstić information content (AvgIpc) is 2.98. The SMILES string of the molecule is CC(C)(CNC(=O)c1ccc(CC2CC(=O)NC2=O)cc1)c1ccc(Br)cc1. The number of nitrogens with one attached hydrogen (secondary N) is 2. The molecule has 28 heavy (non-hydrogen) atoms. The number of carbonyl (C=O) groups is 3. The maximum Gasteiger partial charge on any atom is 0.251 e. The second-order valence-electron chi connectivity index (χ2n) is 7.79. The highest BCUT2D eigenvalue weighted by molar-refractivity contribution is 9.10. The molecule has 146 valence electrons. The number of amides is 3. The van der Waals surface area contributed by atoms with Crippen LogP contribution in [-0.2, 0) is 21.4 Å². The molecule has 1 heterocycles. The van der Waals surface area contributed by atoms with Gasteiger partial charge in [-0.25, -0.2) is 0 Å². The Bertz CT molecular complexity index is 889. The summed E-state index contributed by atoms with van der Waals surface area (Å²) in [6, 6.07) is 15.3. The van der Waals surface area contributed by atoms with Crippen LogP contribution in [0.1, 0.15) is 41.8 Å². The van der Waals surface area contributed by atoms with E-state index in [4.69, 9.17) is 0 Å². The van der Waals surface area contributed by atoms with Gasteiger partial charge in [0, 0.05) is 28.4 Å². The third-order valence-electron chi connectivity index (χ3n) is 5.08. The second-order valence-corrected chi connectivity index (χ2v) is 8.70. The van der Waals surface area contributed by atoms with Crippen LogP contribution in [0.3, 0.4) is 0 Å². The Morgan fingerprint density at radius 1 is 1.11 bits per heavy atom. The van der Waals surface area contributed by atoms with Gasteiger partial charge in [-0.3, -0.25) is 19.7 Å². The largest absolute Gasteiger partial charge is 0.351 e. The fourth-order valence-electron chi connectivity index (χ4n) is 3.26. The highest BCUT2D eigenvalue weighted by Gasteiger charge is 2.30. The lowest BCUT2D eigenvalue weighted by atomic mass is 9.84. The zero-order chi connectivity index (χ0) is 20.3. The monoisotopic (exact) mass is 442 g/mol. The summed E-state index contributed by atoms with van der Waals surface area (Å²) in [7, 11) is 0. The van der Waals surface area contributed by atoms with Gasteiger partial charge in [0.2, 0.25) is 11.8 Å². The first kappa shape index (κ1) is 20.3. The fourth-order valence-corrected chi connectivity index (χ4v) is 3.52. The normalized spacial score (nSPS) is 16.8. The molecule has 1 saturated heterocycles. The van der Waals surface area contributed by atoms with Crippen LogP contribution >= 0.6 is 15.9 Å². The van der Waals surface area contributed by atoms with Crippen LogP contribution in [0.15, 0.2) is 53.0 Å². The molecule has 1 atom stereocenters. The summed E-state index contributed by atoms with van der Waals surface area (Å²) in [5.41, 5.74) is 2.46. The molecule has 0 saturated carbocycles. The van der Waals surface area contributed by atoms with Crippen LogP contribution in [-0.4, -0.2) is 24.3 Å². The van der Waals surface area contributed by atoms with Crippen molar-refractivity contribution >= 4 is 33.7 Å². The Hall–Kier alpha value is -2.47. The van der Waals surface area contributed by atoms with Gasteiger partial charge in [0.05, 0.1) is 5.92 Å². The van der Waals surface area contributed by atoms with Crippen LogP contribution in [0.25, 0.3) is 0 Å². The van der Waals surface area contributed by atoms with E-state index in [0.717, 1.165) is 15.6 Å². The topological polar surface area (TPSA) is 75.3 Å². The zero-order valence-corrected chi connectivity index (χ0v) is 17.5. The van der Waals surface area contributed by atoms with Gasteiger partial charge in [-0.1, -0.05) is 54.0 Å². The molecule has 0 radical (unpaired) electrons. The van der Waals surface area contributed by atoms with Gasteiger partial charge < -0.3 is 5.32 Å². The summed E-state index contributed by atoms with van der Waals surface area (Å²) in [5, 5.41) is 5.32. The predicted molar refractivity (Wildman–Crippen MR) is 111 cm³/mol. The van der Waals surface area contributed by atoms with Crippen LogP contribution in [0.2, 0.25) is 0 Å². The number of imide groups is 1. The molecule has 1 unspecified atom stereocenters. The number of benzene rings is 2. The van der Waals surface area contributed by atoms with Crippen LogP contribution in [0.5, 0.6) is 0 Å². The molecule has 0 aliphatic carbocycles. The molecule has 1 aliphatic heterocycles. The summed E-state index contributed by atoms with van der Waals surface area (Å²) in [4.78, 5) is 35.5. The summed E-state index contributed by atoms with van der Waals surface area (Å²) in [6.45, 7) is 4.70. The van der Waals surface area contributed by atoms with Gasteiger partial charge in [-0.2, -0.15) is 0 Å². The van der Waals surface area contributed by atoms with Crippen molar-refractivity contribution in [1.29, 1.82) is 0 Å². The Morgan fingerprint density at radius 2 is 1.75 bits per heavy atom. The Labute approximate surface area is 173 Å². The molecule has 0 aromatic heterocycles. The number of rotatable bonds is 6. The quantitative estimate of drug-likeness (QED) is 0.673. The number of hydrogen-bond acceptors (Lipinski definition) is 3. The molecular formula is C22H23BrN2O3. The van der Waals surface area contributed by atoms with E-state index in [-0.39, 0.29) is 35.5 Å². The fraction of sp³-hybridized carbons (Fsp3) is 0.318. The first-order chi connectivity index (χ1) is 13.2. The van der Waals surface area contributed by atoms with Gasteiger partial charge in [-0.15, -0.1) is 0 Å². The van der Waals surface area contributed by atoms with E-state index in [9.17, 15) is 14.4 Å². The Morgan fingerprint density at radius 3 is 2.32 bits per heavy atom. The molecule has 0 spiro atoms. The predicted octanol–water partition coefficient (Wildman–Crippen LogP) is 3.36. The molecule has 5 nitrogen and oxygen atoms in total. The number of halogens is 1. The third kappa shape index (κ3) is 4.87. The maximum absolute atomic E-state index is 12.5. The zero-order valence-electron chi connectivity index (χ0n) is 15.9. The summed E-state index contributed by atoms with van der Waals surface area (Å²) in [5.74, 6) is -0.897. The van der Waals surface area contributed by atoms with Crippen molar-refractivity contribution < 1.29 is 14.4 Å². The smallest absolute Gasteiger partial charge is 0.251 e. The maximum atomic E-state index is 12.5. The van der Waals surface area contributed by atoms with Crippen molar-refractivity contribution in [1.82, 2.24) is 10.6 Å². The van der Waals surface area contributed by atoms with Crippen molar-refractivity contribution in [2.75, 3.05) is 6.54 Å². The lowest BCUT2D eigenvalue weighted by molar-refractivity contribution is -0.125. The molecule has 1 aliphatic rings. The van der Waals surface area contributed by atoms with Crippen LogP contribution in [0.4, 0.5) is 0 Å². The Kier molecular flexibility index (Phi) is 5.98. The van der Waals surface area contributed by atoms with E-state index in [1.807, 2.05) is 24.3 Å². The van der Waals surface area contributed by atoms with E-state index in [1.54, 1.807) is 12.1 Å². The molecule has 3 amide bonds. The van der Waals surface area contributed by atoms with Gasteiger partial charge in [0.15, 0.2) is 0 Å². The van der Waals surface area contributed by atoms with Gasteiger partial charge in [-0.05, 0) is 41.8 Å². The summed E-state index contributed by atoms with van der Waals surface area (Å²) >= 11 is 3.44. The average molecular weight is 443 g/mol. The van der Waals surface area contributed by atoms with Crippen LogP contribution in [0, 0.1) is 5.92 Å². The molecule has 6 heteroatoms. The molecule has 2 aromatic rings. The van der Waals surface area contributed by atoms with E-state index >= 15 is 0 Å².